The Morgan fingerprint density at radius 1 is 0.951 bits per heavy atom. The monoisotopic (exact) mass is 613 g/mol. The summed E-state index contributed by atoms with van der Waals surface area (Å²) >= 11 is 13.4. The fourth-order valence-corrected chi connectivity index (χ4v) is 5.77. The van der Waals surface area contributed by atoms with Crippen molar-refractivity contribution in [2.24, 2.45) is 0 Å². The van der Waals surface area contributed by atoms with Crippen LogP contribution in [0.5, 0.6) is 11.5 Å². The number of aromatic nitrogens is 1. The highest BCUT2D eigenvalue weighted by Crippen LogP contribution is 2.33. The molecule has 4 aromatic rings. The molecule has 1 heterocycles. The van der Waals surface area contributed by atoms with Gasteiger partial charge in [-0.1, -0.05) is 65.7 Å². The van der Waals surface area contributed by atoms with Gasteiger partial charge in [-0.25, -0.2) is 0 Å². The largest absolute Gasteiger partial charge is 0.494 e. The summed E-state index contributed by atoms with van der Waals surface area (Å²) < 4.78 is 13.3. The molecule has 0 bridgehead atoms. The first-order valence-electron chi connectivity index (χ1n) is 12.9. The van der Waals surface area contributed by atoms with Crippen LogP contribution in [0.4, 0.5) is 0 Å². The SMILES string of the molecule is Cc1cc(Cl)cc(Cl)c1OCCCCOc1ccc(C=Cc2cccc3c(SCC(=O)O)cn(CC(=O)O)c23)cc1. The van der Waals surface area contributed by atoms with Gasteiger partial charge in [0.2, 0.25) is 0 Å². The summed E-state index contributed by atoms with van der Waals surface area (Å²) in [7, 11) is 0. The third-order valence-electron chi connectivity index (χ3n) is 6.13. The fourth-order valence-electron chi connectivity index (χ4n) is 4.32. The van der Waals surface area contributed by atoms with Crippen molar-refractivity contribution in [3.05, 3.63) is 87.5 Å². The van der Waals surface area contributed by atoms with E-state index in [1.165, 1.54) is 11.8 Å². The van der Waals surface area contributed by atoms with E-state index in [-0.39, 0.29) is 12.3 Å². The Labute approximate surface area is 252 Å². The van der Waals surface area contributed by atoms with Gasteiger partial charge in [0.25, 0.3) is 0 Å². The van der Waals surface area contributed by atoms with Crippen molar-refractivity contribution in [3.63, 3.8) is 0 Å². The predicted molar refractivity (Wildman–Crippen MR) is 165 cm³/mol. The van der Waals surface area contributed by atoms with Crippen LogP contribution >= 0.6 is 35.0 Å². The molecule has 41 heavy (non-hydrogen) atoms. The van der Waals surface area contributed by atoms with Gasteiger partial charge >= 0.3 is 11.9 Å². The number of fused-ring (bicyclic) bond motifs is 1. The number of carbonyl (C=O) groups is 2. The molecule has 1 aromatic heterocycles. The Balaban J connectivity index is 1.34. The molecule has 0 spiro atoms. The van der Waals surface area contributed by atoms with Gasteiger partial charge in [0.15, 0.2) is 0 Å². The first kappa shape index (κ1) is 30.4. The molecule has 3 aromatic carbocycles. The minimum absolute atomic E-state index is 0.105. The standard InChI is InChI=1S/C31H29Cl2NO6S/c1-20-15-23(32)16-26(33)31(20)40-14-3-2-13-39-24-11-8-21(9-12-24)7-10-22-5-4-6-25-27(41-19-29(37)38)17-34(30(22)25)18-28(35)36/h4-12,15-17H,2-3,13-14,18-19H2,1H3,(H,35,36)(H,37,38). The molecule has 0 aliphatic heterocycles. The third-order valence-corrected chi connectivity index (χ3v) is 7.66. The second kappa shape index (κ2) is 14.3. The van der Waals surface area contributed by atoms with Crippen molar-refractivity contribution in [3.8, 4) is 11.5 Å². The summed E-state index contributed by atoms with van der Waals surface area (Å²) in [5.41, 5.74) is 3.44. The van der Waals surface area contributed by atoms with Crippen LogP contribution in [0.15, 0.2) is 65.7 Å². The molecule has 0 aliphatic carbocycles. The molecule has 0 amide bonds. The summed E-state index contributed by atoms with van der Waals surface area (Å²) in [5.74, 6) is -0.589. The van der Waals surface area contributed by atoms with Crippen molar-refractivity contribution >= 4 is 70.0 Å². The molecule has 7 nitrogen and oxygen atoms in total. The van der Waals surface area contributed by atoms with E-state index < -0.39 is 11.9 Å². The average molecular weight is 615 g/mol. The summed E-state index contributed by atoms with van der Waals surface area (Å²) in [6.07, 6.45) is 7.21. The van der Waals surface area contributed by atoms with Crippen LogP contribution in [-0.4, -0.2) is 45.7 Å². The number of ether oxygens (including phenoxy) is 2. The molecule has 0 unspecified atom stereocenters. The van der Waals surface area contributed by atoms with Crippen molar-refractivity contribution in [1.82, 2.24) is 4.57 Å². The van der Waals surface area contributed by atoms with Crippen LogP contribution in [0.1, 0.15) is 29.5 Å². The highest BCUT2D eigenvalue weighted by Gasteiger charge is 2.14. The minimum atomic E-state index is -0.973. The van der Waals surface area contributed by atoms with Crippen LogP contribution in [0.3, 0.4) is 0 Å². The van der Waals surface area contributed by atoms with E-state index in [1.54, 1.807) is 16.8 Å². The number of aryl methyl sites for hydroxylation is 1. The predicted octanol–water partition coefficient (Wildman–Crippen LogP) is 7.93. The summed E-state index contributed by atoms with van der Waals surface area (Å²) in [6, 6.07) is 16.9. The zero-order valence-corrected chi connectivity index (χ0v) is 24.6. The lowest BCUT2D eigenvalue weighted by Crippen LogP contribution is -2.07. The van der Waals surface area contributed by atoms with Crippen molar-refractivity contribution < 1.29 is 29.3 Å². The fraction of sp³-hybridized carbons (Fsp3) is 0.226. The van der Waals surface area contributed by atoms with Crippen LogP contribution in [0.2, 0.25) is 10.0 Å². The van der Waals surface area contributed by atoms with Crippen molar-refractivity contribution in [2.75, 3.05) is 19.0 Å². The molecule has 214 valence electrons. The quantitative estimate of drug-likeness (QED) is 0.0846. The van der Waals surface area contributed by atoms with Gasteiger partial charge in [-0.2, -0.15) is 0 Å². The van der Waals surface area contributed by atoms with Crippen LogP contribution in [-0.2, 0) is 16.1 Å². The van der Waals surface area contributed by atoms with Gasteiger partial charge < -0.3 is 24.3 Å². The maximum absolute atomic E-state index is 11.5. The molecule has 10 heteroatoms. The molecule has 4 rings (SSSR count). The highest BCUT2D eigenvalue weighted by molar-refractivity contribution is 8.00. The van der Waals surface area contributed by atoms with Gasteiger partial charge in [-0.15, -0.1) is 11.8 Å². The molecule has 0 fully saturated rings. The van der Waals surface area contributed by atoms with E-state index in [0.29, 0.717) is 29.0 Å². The summed E-state index contributed by atoms with van der Waals surface area (Å²) in [4.78, 5) is 23.3. The number of benzene rings is 3. The van der Waals surface area contributed by atoms with Gasteiger partial charge in [0, 0.05) is 21.5 Å². The van der Waals surface area contributed by atoms with Gasteiger partial charge in [0.1, 0.15) is 18.0 Å². The molecular formula is C31H29Cl2NO6S. The molecule has 0 atom stereocenters. The number of hydrogen-bond acceptors (Lipinski definition) is 5. The number of carboxylic acid groups (broad SMARTS) is 2. The van der Waals surface area contributed by atoms with E-state index in [4.69, 9.17) is 37.8 Å². The van der Waals surface area contributed by atoms with Gasteiger partial charge in [-0.3, -0.25) is 9.59 Å². The molecule has 0 saturated carbocycles. The van der Waals surface area contributed by atoms with Gasteiger partial charge in [0.05, 0.1) is 29.5 Å². The van der Waals surface area contributed by atoms with E-state index in [9.17, 15) is 14.7 Å². The van der Waals surface area contributed by atoms with E-state index in [0.717, 1.165) is 51.1 Å². The molecule has 0 radical (unpaired) electrons. The maximum atomic E-state index is 11.5. The lowest BCUT2D eigenvalue weighted by Gasteiger charge is -2.11. The Hall–Kier alpha value is -3.59. The number of thioether (sulfide) groups is 1. The number of nitrogens with zero attached hydrogens (tertiary/aromatic N) is 1. The number of para-hydroxylation sites is 1. The molecular weight excluding hydrogens is 585 g/mol. The Morgan fingerprint density at radius 2 is 1.68 bits per heavy atom. The molecule has 0 aliphatic rings. The van der Waals surface area contributed by atoms with E-state index in [1.807, 2.05) is 67.6 Å². The zero-order chi connectivity index (χ0) is 29.4. The minimum Gasteiger partial charge on any atom is -0.494 e. The lowest BCUT2D eigenvalue weighted by molar-refractivity contribution is -0.137. The molecule has 0 saturated heterocycles. The number of halogens is 2. The van der Waals surface area contributed by atoms with E-state index >= 15 is 0 Å². The average Bonchev–Trinajstić information content (AvgIpc) is 3.27. The first-order valence-corrected chi connectivity index (χ1v) is 14.6. The number of carboxylic acids is 2. The van der Waals surface area contributed by atoms with Crippen LogP contribution in [0.25, 0.3) is 23.1 Å². The highest BCUT2D eigenvalue weighted by atomic mass is 35.5. The Kier molecular flexibility index (Phi) is 10.6. The lowest BCUT2D eigenvalue weighted by atomic mass is 10.1. The third kappa shape index (κ3) is 8.45. The molecule has 2 N–H and O–H groups in total. The Bertz CT molecular complexity index is 1540. The number of rotatable bonds is 14. The Morgan fingerprint density at radius 3 is 2.37 bits per heavy atom. The topological polar surface area (TPSA) is 98.0 Å². The second-order valence-electron chi connectivity index (χ2n) is 9.28. The zero-order valence-electron chi connectivity index (χ0n) is 22.3. The summed E-state index contributed by atoms with van der Waals surface area (Å²) in [5, 5.41) is 20.4. The maximum Gasteiger partial charge on any atom is 0.323 e. The second-order valence-corrected chi connectivity index (χ2v) is 11.1. The number of aliphatic carboxylic acids is 2. The normalized spacial score (nSPS) is 11.3. The first-order chi connectivity index (χ1) is 19.7. The van der Waals surface area contributed by atoms with E-state index in [2.05, 4.69) is 0 Å². The van der Waals surface area contributed by atoms with Crippen molar-refractivity contribution in [2.45, 2.75) is 31.2 Å². The number of hydrogen-bond donors (Lipinski definition) is 2. The van der Waals surface area contributed by atoms with Crippen LogP contribution < -0.4 is 9.47 Å². The number of unbranched alkanes of at least 4 members (excludes halogenated alkanes) is 1. The summed E-state index contributed by atoms with van der Waals surface area (Å²) in [6.45, 7) is 2.77. The smallest absolute Gasteiger partial charge is 0.323 e. The van der Waals surface area contributed by atoms with Gasteiger partial charge in [-0.05, 0) is 60.7 Å². The van der Waals surface area contributed by atoms with Crippen LogP contribution in [0, 0.1) is 6.92 Å². The van der Waals surface area contributed by atoms with Crippen molar-refractivity contribution in [1.29, 1.82) is 0 Å².